The average molecular weight is 405 g/mol. The fourth-order valence-electron chi connectivity index (χ4n) is 4.01. The van der Waals surface area contributed by atoms with Gasteiger partial charge in [0.15, 0.2) is 0 Å². The maximum atomic E-state index is 14.6. The zero-order valence-electron chi connectivity index (χ0n) is 15.0. The molecule has 2 aliphatic rings. The lowest BCUT2D eigenvalue weighted by molar-refractivity contribution is -0.141. The minimum atomic E-state index is -4.60. The van der Waals surface area contributed by atoms with E-state index in [0.717, 1.165) is 6.07 Å². The summed E-state index contributed by atoms with van der Waals surface area (Å²) in [6.45, 7) is 0.973. The van der Waals surface area contributed by atoms with Crippen molar-refractivity contribution >= 4 is 22.6 Å². The molecule has 9 heteroatoms. The predicted octanol–water partition coefficient (Wildman–Crippen LogP) is 4.18. The number of nitrogens with zero attached hydrogens (tertiary/aromatic N) is 2. The Bertz CT molecular complexity index is 1150. The summed E-state index contributed by atoms with van der Waals surface area (Å²) < 4.78 is 61.4. The second-order valence-electron chi connectivity index (χ2n) is 7.26. The lowest BCUT2D eigenvalue weighted by Crippen LogP contribution is -2.11. The molecule has 1 amide bonds. The molecule has 1 saturated heterocycles. The quantitative estimate of drug-likeness (QED) is 0.651. The number of anilines is 1. The highest BCUT2D eigenvalue weighted by Crippen LogP contribution is 2.37. The molecular formula is C20H15F4N3O2. The van der Waals surface area contributed by atoms with Crippen molar-refractivity contribution < 1.29 is 27.1 Å². The van der Waals surface area contributed by atoms with E-state index >= 15 is 0 Å². The van der Waals surface area contributed by atoms with Crippen molar-refractivity contribution in [2.75, 3.05) is 18.5 Å². The lowest BCUT2D eigenvalue weighted by atomic mass is 10.0. The Morgan fingerprint density at radius 1 is 1.21 bits per heavy atom. The van der Waals surface area contributed by atoms with Crippen molar-refractivity contribution in [1.82, 2.24) is 9.55 Å². The Hall–Kier alpha value is -2.94. The van der Waals surface area contributed by atoms with Gasteiger partial charge in [-0.15, -0.1) is 0 Å². The second kappa shape index (κ2) is 6.28. The molecule has 1 aromatic carbocycles. The number of aromatic nitrogens is 2. The first kappa shape index (κ1) is 18.1. The number of carbonyl (C=O) groups excluding carboxylic acids is 1. The van der Waals surface area contributed by atoms with Crippen molar-refractivity contribution in [2.24, 2.45) is 0 Å². The number of pyridine rings is 1. The molecule has 4 heterocycles. The summed E-state index contributed by atoms with van der Waals surface area (Å²) in [6, 6.07) is 6.92. The van der Waals surface area contributed by atoms with E-state index in [4.69, 9.17) is 4.74 Å². The molecule has 5 rings (SSSR count). The van der Waals surface area contributed by atoms with Crippen LogP contribution in [0.15, 0.2) is 30.3 Å². The number of hydrogen-bond acceptors (Lipinski definition) is 3. The molecule has 0 bridgehead atoms. The summed E-state index contributed by atoms with van der Waals surface area (Å²) in [7, 11) is 0. The summed E-state index contributed by atoms with van der Waals surface area (Å²) in [5.74, 6) is -1.00. The van der Waals surface area contributed by atoms with Gasteiger partial charge in [0.25, 0.3) is 0 Å². The maximum absolute atomic E-state index is 14.6. The van der Waals surface area contributed by atoms with Gasteiger partial charge in [-0.05, 0) is 36.2 Å². The summed E-state index contributed by atoms with van der Waals surface area (Å²) in [4.78, 5) is 15.5. The number of alkyl halides is 3. The van der Waals surface area contributed by atoms with E-state index in [0.29, 0.717) is 42.0 Å². The van der Waals surface area contributed by atoms with Gasteiger partial charge in [0.05, 0.1) is 24.4 Å². The molecule has 1 unspecified atom stereocenters. The minimum Gasteiger partial charge on any atom is -0.381 e. The fraction of sp³-hybridized carbons (Fsp3) is 0.300. The predicted molar refractivity (Wildman–Crippen MR) is 96.5 cm³/mol. The number of halogens is 4. The van der Waals surface area contributed by atoms with Crippen LogP contribution in [0.25, 0.3) is 16.7 Å². The van der Waals surface area contributed by atoms with Crippen LogP contribution in [-0.2, 0) is 22.1 Å². The third-order valence-corrected chi connectivity index (χ3v) is 5.35. The lowest BCUT2D eigenvalue weighted by Gasteiger charge is -2.16. The summed E-state index contributed by atoms with van der Waals surface area (Å²) in [5.41, 5.74) is 0.704. The van der Waals surface area contributed by atoms with Gasteiger partial charge in [-0.1, -0.05) is 0 Å². The Kier molecular flexibility index (Phi) is 3.92. The van der Waals surface area contributed by atoms with Crippen LogP contribution in [0.2, 0.25) is 0 Å². The molecule has 2 aromatic heterocycles. The van der Waals surface area contributed by atoms with Gasteiger partial charge in [0.1, 0.15) is 17.2 Å². The summed E-state index contributed by atoms with van der Waals surface area (Å²) in [6.07, 6.45) is -3.88. The molecule has 0 saturated carbocycles. The van der Waals surface area contributed by atoms with Crippen molar-refractivity contribution in [3.8, 4) is 5.69 Å². The Morgan fingerprint density at radius 3 is 2.76 bits per heavy atom. The standard InChI is InChI=1S/C20H15F4N3O2/c21-14-8-13(5-12-7-17(28)26-18(12)14)27-15(11-3-4-29-9-11)6-10-1-2-16(20(22,23)24)25-19(10)27/h1-2,5-6,8,11H,3-4,7,9H2,(H,26,28). The largest absolute Gasteiger partial charge is 0.433 e. The zero-order valence-corrected chi connectivity index (χ0v) is 15.0. The first-order valence-corrected chi connectivity index (χ1v) is 9.11. The van der Waals surface area contributed by atoms with Crippen molar-refractivity contribution in [3.63, 3.8) is 0 Å². The first-order chi connectivity index (χ1) is 13.8. The monoisotopic (exact) mass is 405 g/mol. The van der Waals surface area contributed by atoms with E-state index in [1.807, 2.05) is 0 Å². The minimum absolute atomic E-state index is 0.0163. The maximum Gasteiger partial charge on any atom is 0.433 e. The highest BCUT2D eigenvalue weighted by molar-refractivity contribution is 5.99. The number of hydrogen-bond donors (Lipinski definition) is 1. The summed E-state index contributed by atoms with van der Waals surface area (Å²) >= 11 is 0. The van der Waals surface area contributed by atoms with E-state index in [9.17, 15) is 22.4 Å². The fourth-order valence-corrected chi connectivity index (χ4v) is 4.01. The Balaban J connectivity index is 1.76. The molecule has 0 radical (unpaired) electrons. The van der Waals surface area contributed by atoms with Crippen LogP contribution in [-0.4, -0.2) is 28.7 Å². The van der Waals surface area contributed by atoms with E-state index < -0.39 is 17.7 Å². The first-order valence-electron chi connectivity index (χ1n) is 9.11. The SMILES string of the molecule is O=C1Cc2cc(-n3c(C4CCOC4)cc4ccc(C(F)(F)F)nc43)cc(F)c2N1. The number of benzene rings is 1. The third-order valence-electron chi connectivity index (χ3n) is 5.35. The van der Waals surface area contributed by atoms with Crippen molar-refractivity contribution in [2.45, 2.75) is 24.9 Å². The van der Waals surface area contributed by atoms with E-state index in [-0.39, 0.29) is 29.6 Å². The molecule has 1 N–H and O–H groups in total. The molecule has 0 spiro atoms. The molecule has 29 heavy (non-hydrogen) atoms. The van der Waals surface area contributed by atoms with Crippen LogP contribution in [0.5, 0.6) is 0 Å². The second-order valence-corrected chi connectivity index (χ2v) is 7.26. The van der Waals surface area contributed by atoms with Crippen LogP contribution in [0.1, 0.15) is 29.3 Å². The van der Waals surface area contributed by atoms with Gasteiger partial charge < -0.3 is 10.1 Å². The Labute approximate surface area is 162 Å². The van der Waals surface area contributed by atoms with Gasteiger partial charge in [-0.2, -0.15) is 13.2 Å². The molecule has 150 valence electrons. The van der Waals surface area contributed by atoms with Crippen LogP contribution < -0.4 is 5.32 Å². The normalized spacial score (nSPS) is 19.0. The van der Waals surface area contributed by atoms with E-state index in [1.54, 1.807) is 16.7 Å². The molecule has 0 aliphatic carbocycles. The molecule has 3 aromatic rings. The van der Waals surface area contributed by atoms with Crippen molar-refractivity contribution in [3.05, 3.63) is 53.1 Å². The average Bonchev–Trinajstić information content (AvgIpc) is 3.37. The van der Waals surface area contributed by atoms with Crippen LogP contribution >= 0.6 is 0 Å². The number of fused-ring (bicyclic) bond motifs is 2. The molecular weight excluding hydrogens is 390 g/mol. The number of carbonyl (C=O) groups is 1. The van der Waals surface area contributed by atoms with Gasteiger partial charge >= 0.3 is 6.18 Å². The van der Waals surface area contributed by atoms with Crippen LogP contribution in [0.4, 0.5) is 23.2 Å². The number of ether oxygens (including phenoxy) is 1. The topological polar surface area (TPSA) is 56.2 Å². The highest BCUT2D eigenvalue weighted by atomic mass is 19.4. The van der Waals surface area contributed by atoms with Crippen LogP contribution in [0.3, 0.4) is 0 Å². The zero-order chi connectivity index (χ0) is 20.3. The number of amides is 1. The third kappa shape index (κ3) is 2.96. The van der Waals surface area contributed by atoms with Gasteiger partial charge in [-0.3, -0.25) is 9.36 Å². The highest BCUT2D eigenvalue weighted by Gasteiger charge is 2.34. The number of rotatable bonds is 2. The van der Waals surface area contributed by atoms with E-state index in [2.05, 4.69) is 10.3 Å². The Morgan fingerprint density at radius 2 is 2.03 bits per heavy atom. The van der Waals surface area contributed by atoms with Gasteiger partial charge in [0.2, 0.25) is 5.91 Å². The molecule has 5 nitrogen and oxygen atoms in total. The summed E-state index contributed by atoms with van der Waals surface area (Å²) in [5, 5.41) is 2.99. The smallest absolute Gasteiger partial charge is 0.381 e. The van der Waals surface area contributed by atoms with E-state index in [1.165, 1.54) is 12.1 Å². The van der Waals surface area contributed by atoms with Crippen molar-refractivity contribution in [1.29, 1.82) is 0 Å². The molecule has 2 aliphatic heterocycles. The number of nitrogens with one attached hydrogen (secondary N) is 1. The van der Waals surface area contributed by atoms with Gasteiger partial charge in [-0.25, -0.2) is 9.37 Å². The van der Waals surface area contributed by atoms with Gasteiger partial charge in [0, 0.05) is 29.7 Å². The molecule has 1 fully saturated rings. The van der Waals surface area contributed by atoms with Crippen LogP contribution in [0, 0.1) is 5.82 Å². The molecule has 1 atom stereocenters.